The van der Waals surface area contributed by atoms with E-state index >= 15 is 0 Å². The lowest BCUT2D eigenvalue weighted by atomic mass is 9.95. The number of aromatic nitrogens is 1. The van der Waals surface area contributed by atoms with Crippen molar-refractivity contribution in [2.45, 2.75) is 38.1 Å². The Morgan fingerprint density at radius 3 is 2.73 bits per heavy atom. The second kappa shape index (κ2) is 4.51. The van der Waals surface area contributed by atoms with Crippen LogP contribution >= 0.6 is 0 Å². The summed E-state index contributed by atoms with van der Waals surface area (Å²) in [4.78, 5) is 11.8. The van der Waals surface area contributed by atoms with Crippen LogP contribution in [0.15, 0.2) is 18.5 Å². The Kier molecular flexibility index (Phi) is 3.09. The summed E-state index contributed by atoms with van der Waals surface area (Å²) in [7, 11) is 1.93. The van der Waals surface area contributed by atoms with Gasteiger partial charge in [0, 0.05) is 25.5 Å². The zero-order valence-corrected chi connectivity index (χ0v) is 9.20. The summed E-state index contributed by atoms with van der Waals surface area (Å²) in [6, 6.07) is 2.25. The number of amides is 1. The molecule has 0 saturated heterocycles. The van der Waals surface area contributed by atoms with Gasteiger partial charge in [0.05, 0.1) is 5.56 Å². The maximum atomic E-state index is 11.8. The number of aryl methyl sites for hydroxylation is 1. The molecule has 0 radical (unpaired) electrons. The van der Waals surface area contributed by atoms with Gasteiger partial charge in [-0.1, -0.05) is 19.3 Å². The van der Waals surface area contributed by atoms with E-state index in [1.807, 2.05) is 30.1 Å². The lowest BCUT2D eigenvalue weighted by Gasteiger charge is -2.22. The molecule has 1 aliphatic carbocycles. The third kappa shape index (κ3) is 2.61. The molecule has 0 bridgehead atoms. The average Bonchev–Trinajstić information content (AvgIpc) is 2.66. The lowest BCUT2D eigenvalue weighted by molar-refractivity contribution is 0.0927. The van der Waals surface area contributed by atoms with E-state index in [0.717, 1.165) is 18.4 Å². The summed E-state index contributed by atoms with van der Waals surface area (Å²) >= 11 is 0. The van der Waals surface area contributed by atoms with Crippen LogP contribution in [0.1, 0.15) is 42.5 Å². The minimum Gasteiger partial charge on any atom is -0.356 e. The van der Waals surface area contributed by atoms with Crippen LogP contribution in [0.2, 0.25) is 0 Å². The van der Waals surface area contributed by atoms with Gasteiger partial charge in [-0.25, -0.2) is 0 Å². The molecular formula is C12H18N2O. The molecule has 1 fully saturated rings. The standard InChI is InChI=1S/C12H18N2O/c1-14-8-7-10(9-14)12(15)13-11-5-3-2-4-6-11/h7-9,11H,2-6H2,1H3,(H,13,15). The van der Waals surface area contributed by atoms with Gasteiger partial charge in [0.2, 0.25) is 0 Å². The monoisotopic (exact) mass is 206 g/mol. The first-order valence-corrected chi connectivity index (χ1v) is 5.68. The molecule has 0 spiro atoms. The van der Waals surface area contributed by atoms with E-state index in [2.05, 4.69) is 5.32 Å². The molecule has 1 aromatic rings. The second-order valence-electron chi connectivity index (χ2n) is 4.37. The number of nitrogens with zero attached hydrogens (tertiary/aromatic N) is 1. The van der Waals surface area contributed by atoms with Crippen LogP contribution in [0.3, 0.4) is 0 Å². The lowest BCUT2D eigenvalue weighted by Crippen LogP contribution is -2.35. The van der Waals surface area contributed by atoms with E-state index in [1.165, 1.54) is 19.3 Å². The van der Waals surface area contributed by atoms with Crippen molar-refractivity contribution in [2.24, 2.45) is 7.05 Å². The Labute approximate surface area is 90.5 Å². The fourth-order valence-corrected chi connectivity index (χ4v) is 2.15. The first-order chi connectivity index (χ1) is 7.25. The second-order valence-corrected chi connectivity index (χ2v) is 4.37. The smallest absolute Gasteiger partial charge is 0.253 e. The largest absolute Gasteiger partial charge is 0.356 e. The van der Waals surface area contributed by atoms with E-state index in [4.69, 9.17) is 0 Å². The maximum Gasteiger partial charge on any atom is 0.253 e. The van der Waals surface area contributed by atoms with Crippen LogP contribution in [0.5, 0.6) is 0 Å². The van der Waals surface area contributed by atoms with Gasteiger partial charge in [-0.2, -0.15) is 0 Å². The first-order valence-electron chi connectivity index (χ1n) is 5.68. The quantitative estimate of drug-likeness (QED) is 0.790. The van der Waals surface area contributed by atoms with E-state index in [1.54, 1.807) is 0 Å². The van der Waals surface area contributed by atoms with Gasteiger partial charge in [-0.15, -0.1) is 0 Å². The van der Waals surface area contributed by atoms with Crippen LogP contribution in [-0.4, -0.2) is 16.5 Å². The van der Waals surface area contributed by atoms with Gasteiger partial charge < -0.3 is 9.88 Å². The van der Waals surface area contributed by atoms with Gasteiger partial charge in [0.1, 0.15) is 0 Å². The number of rotatable bonds is 2. The molecule has 1 N–H and O–H groups in total. The van der Waals surface area contributed by atoms with Crippen molar-refractivity contribution in [3.05, 3.63) is 24.0 Å². The molecule has 1 amide bonds. The highest BCUT2D eigenvalue weighted by Crippen LogP contribution is 2.17. The summed E-state index contributed by atoms with van der Waals surface area (Å²) in [5.74, 6) is 0.0718. The maximum absolute atomic E-state index is 11.8. The number of hydrogen-bond acceptors (Lipinski definition) is 1. The van der Waals surface area contributed by atoms with Crippen molar-refractivity contribution in [1.82, 2.24) is 9.88 Å². The molecule has 3 heteroatoms. The number of nitrogens with one attached hydrogen (secondary N) is 1. The zero-order valence-electron chi connectivity index (χ0n) is 9.20. The van der Waals surface area contributed by atoms with Gasteiger partial charge in [0.15, 0.2) is 0 Å². The molecular weight excluding hydrogens is 188 g/mol. The van der Waals surface area contributed by atoms with Crippen LogP contribution in [0, 0.1) is 0 Å². The Morgan fingerprint density at radius 1 is 1.40 bits per heavy atom. The highest BCUT2D eigenvalue weighted by Gasteiger charge is 2.16. The highest BCUT2D eigenvalue weighted by atomic mass is 16.1. The number of carbonyl (C=O) groups is 1. The Bertz CT molecular complexity index is 337. The Balaban J connectivity index is 1.91. The normalized spacial score (nSPS) is 17.7. The summed E-state index contributed by atoms with van der Waals surface area (Å²) < 4.78 is 1.90. The van der Waals surface area contributed by atoms with Gasteiger partial charge >= 0.3 is 0 Å². The minimum absolute atomic E-state index is 0.0718. The Morgan fingerprint density at radius 2 is 2.13 bits per heavy atom. The van der Waals surface area contributed by atoms with E-state index in [0.29, 0.717) is 6.04 Å². The summed E-state index contributed by atoms with van der Waals surface area (Å²) in [5, 5.41) is 3.10. The Hall–Kier alpha value is -1.25. The van der Waals surface area contributed by atoms with Crippen molar-refractivity contribution < 1.29 is 4.79 Å². The first kappa shape index (κ1) is 10.3. The van der Waals surface area contributed by atoms with E-state index < -0.39 is 0 Å². The number of hydrogen-bond donors (Lipinski definition) is 1. The molecule has 0 atom stereocenters. The van der Waals surface area contributed by atoms with Gasteiger partial charge in [-0.3, -0.25) is 4.79 Å². The minimum atomic E-state index is 0.0718. The molecule has 0 aliphatic heterocycles. The van der Waals surface area contributed by atoms with E-state index in [9.17, 15) is 4.79 Å². The van der Waals surface area contributed by atoms with Crippen LogP contribution in [0.4, 0.5) is 0 Å². The van der Waals surface area contributed by atoms with E-state index in [-0.39, 0.29) is 5.91 Å². The van der Waals surface area contributed by atoms with Crippen molar-refractivity contribution in [1.29, 1.82) is 0 Å². The zero-order chi connectivity index (χ0) is 10.7. The number of carbonyl (C=O) groups excluding carboxylic acids is 1. The molecule has 1 heterocycles. The van der Waals surface area contributed by atoms with Crippen molar-refractivity contribution in [2.75, 3.05) is 0 Å². The van der Waals surface area contributed by atoms with Crippen LogP contribution in [0.25, 0.3) is 0 Å². The summed E-state index contributed by atoms with van der Waals surface area (Å²) in [5.41, 5.74) is 0.767. The van der Waals surface area contributed by atoms with Crippen LogP contribution < -0.4 is 5.32 Å². The van der Waals surface area contributed by atoms with Crippen molar-refractivity contribution in [3.63, 3.8) is 0 Å². The predicted octanol–water partition coefficient (Wildman–Crippen LogP) is 2.09. The molecule has 2 rings (SSSR count). The molecule has 1 saturated carbocycles. The van der Waals surface area contributed by atoms with Crippen molar-refractivity contribution >= 4 is 5.91 Å². The molecule has 0 aromatic carbocycles. The molecule has 1 aromatic heterocycles. The topological polar surface area (TPSA) is 34.0 Å². The summed E-state index contributed by atoms with van der Waals surface area (Å²) in [6.07, 6.45) is 9.85. The SMILES string of the molecule is Cn1ccc(C(=O)NC2CCCCC2)c1. The molecule has 1 aliphatic rings. The fourth-order valence-electron chi connectivity index (χ4n) is 2.15. The third-order valence-electron chi connectivity index (χ3n) is 3.03. The predicted molar refractivity (Wildman–Crippen MR) is 59.8 cm³/mol. The van der Waals surface area contributed by atoms with Gasteiger partial charge in [-0.05, 0) is 18.9 Å². The molecule has 0 unspecified atom stereocenters. The highest BCUT2D eigenvalue weighted by molar-refractivity contribution is 5.94. The average molecular weight is 206 g/mol. The summed E-state index contributed by atoms with van der Waals surface area (Å²) in [6.45, 7) is 0. The fraction of sp³-hybridized carbons (Fsp3) is 0.583. The van der Waals surface area contributed by atoms with Gasteiger partial charge in [0.25, 0.3) is 5.91 Å². The third-order valence-corrected chi connectivity index (χ3v) is 3.03. The molecule has 15 heavy (non-hydrogen) atoms. The van der Waals surface area contributed by atoms with Crippen molar-refractivity contribution in [3.8, 4) is 0 Å². The molecule has 82 valence electrons. The van der Waals surface area contributed by atoms with Crippen LogP contribution in [-0.2, 0) is 7.05 Å². The molecule has 3 nitrogen and oxygen atoms in total.